The van der Waals surface area contributed by atoms with Crippen molar-refractivity contribution in [2.24, 2.45) is 0 Å². The van der Waals surface area contributed by atoms with Crippen molar-refractivity contribution in [3.05, 3.63) is 28.5 Å². The number of hydrogen-bond donors (Lipinski definition) is 2. The highest BCUT2D eigenvalue weighted by atomic mass is 32.1. The van der Waals surface area contributed by atoms with Crippen molar-refractivity contribution < 1.29 is 31.9 Å². The lowest BCUT2D eigenvalue weighted by molar-refractivity contribution is 0.0118. The SMILES string of the molecule is CC.CCCNc1cc(C(F)F)c(-c2sc(C(=O)NC3CCOCC3)nc2C(=O)N2CC(F)(F)CC2C)cn1. The molecule has 2 saturated heterocycles. The average Bonchev–Trinajstić information content (AvgIpc) is 3.48. The van der Waals surface area contributed by atoms with E-state index < -0.39 is 48.7 Å². The molecule has 0 aromatic carbocycles. The van der Waals surface area contributed by atoms with Crippen molar-refractivity contribution in [2.75, 3.05) is 31.6 Å². The molecule has 2 fully saturated rings. The summed E-state index contributed by atoms with van der Waals surface area (Å²) in [6.07, 6.45) is -0.280. The molecule has 2 amide bonds. The van der Waals surface area contributed by atoms with E-state index in [4.69, 9.17) is 4.74 Å². The number of carbonyl (C=O) groups is 2. The summed E-state index contributed by atoms with van der Waals surface area (Å²) in [6, 6.07) is 0.245. The molecular formula is C26H35F4N5O3S. The molecule has 0 aliphatic carbocycles. The minimum absolute atomic E-state index is 0.00520. The fourth-order valence-electron chi connectivity index (χ4n) is 4.44. The number of likely N-dealkylation sites (tertiary alicyclic amines) is 1. The van der Waals surface area contributed by atoms with Gasteiger partial charge in [0, 0.05) is 55.6 Å². The third-order valence-electron chi connectivity index (χ3n) is 6.34. The van der Waals surface area contributed by atoms with Crippen LogP contribution in [0.1, 0.15) is 85.7 Å². The Labute approximate surface area is 229 Å². The van der Waals surface area contributed by atoms with Crippen LogP contribution in [-0.2, 0) is 4.74 Å². The van der Waals surface area contributed by atoms with Gasteiger partial charge in [0.25, 0.3) is 24.2 Å². The number of hydrogen-bond acceptors (Lipinski definition) is 7. The first-order chi connectivity index (χ1) is 18.6. The predicted molar refractivity (Wildman–Crippen MR) is 142 cm³/mol. The number of thiazole rings is 1. The van der Waals surface area contributed by atoms with Crippen LogP contribution in [0, 0.1) is 0 Å². The van der Waals surface area contributed by atoms with E-state index in [1.807, 2.05) is 20.8 Å². The summed E-state index contributed by atoms with van der Waals surface area (Å²) in [5, 5.41) is 5.67. The third-order valence-corrected chi connectivity index (χ3v) is 7.43. The van der Waals surface area contributed by atoms with Crippen LogP contribution in [0.5, 0.6) is 0 Å². The van der Waals surface area contributed by atoms with Crippen LogP contribution >= 0.6 is 11.3 Å². The van der Waals surface area contributed by atoms with Gasteiger partial charge in [-0.2, -0.15) is 0 Å². The summed E-state index contributed by atoms with van der Waals surface area (Å²) in [7, 11) is 0. The fraction of sp³-hybridized carbons (Fsp3) is 0.615. The van der Waals surface area contributed by atoms with E-state index in [0.717, 1.165) is 22.7 Å². The number of anilines is 1. The number of nitrogens with one attached hydrogen (secondary N) is 2. The van der Waals surface area contributed by atoms with Crippen molar-refractivity contribution in [3.63, 3.8) is 0 Å². The standard InChI is InChI=1S/C24H29F4N5O3S.C2H6/c1-3-6-29-17-9-15(20(25)26)16(11-30-17)19-18(23(35)33-12-24(27,28)10-13(33)2)32-22(37-19)21(34)31-14-4-7-36-8-5-14;1-2/h9,11,13-14,20H,3-8,10,12H2,1-2H3,(H,29,30)(H,31,34);1-2H3. The topological polar surface area (TPSA) is 96.4 Å². The summed E-state index contributed by atoms with van der Waals surface area (Å²) in [4.78, 5) is 35.8. The Morgan fingerprint density at radius 2 is 1.95 bits per heavy atom. The summed E-state index contributed by atoms with van der Waals surface area (Å²) < 4.78 is 61.7. The predicted octanol–water partition coefficient (Wildman–Crippen LogP) is 5.77. The molecular weight excluding hydrogens is 538 g/mol. The Morgan fingerprint density at radius 1 is 1.26 bits per heavy atom. The van der Waals surface area contributed by atoms with Crippen LogP contribution in [-0.4, -0.2) is 71.0 Å². The highest BCUT2D eigenvalue weighted by Crippen LogP contribution is 2.40. The van der Waals surface area contributed by atoms with Gasteiger partial charge in [-0.3, -0.25) is 9.59 Å². The number of rotatable bonds is 8. The van der Waals surface area contributed by atoms with Crippen LogP contribution < -0.4 is 10.6 Å². The second kappa shape index (κ2) is 13.5. The summed E-state index contributed by atoms with van der Waals surface area (Å²) in [5.41, 5.74) is -0.784. The van der Waals surface area contributed by atoms with Gasteiger partial charge in [-0.1, -0.05) is 20.8 Å². The molecule has 216 valence electrons. The zero-order chi connectivity index (χ0) is 28.7. The maximum Gasteiger partial charge on any atom is 0.280 e. The lowest BCUT2D eigenvalue weighted by atomic mass is 10.1. The van der Waals surface area contributed by atoms with E-state index in [9.17, 15) is 27.2 Å². The van der Waals surface area contributed by atoms with Gasteiger partial charge in [0.15, 0.2) is 5.01 Å². The van der Waals surface area contributed by atoms with Crippen LogP contribution in [0.15, 0.2) is 12.3 Å². The smallest absolute Gasteiger partial charge is 0.280 e. The quantitative estimate of drug-likeness (QED) is 0.390. The van der Waals surface area contributed by atoms with Gasteiger partial charge in [0.1, 0.15) is 11.5 Å². The van der Waals surface area contributed by atoms with Gasteiger partial charge in [0.05, 0.1) is 11.4 Å². The number of nitrogens with zero attached hydrogens (tertiary/aromatic N) is 3. The van der Waals surface area contributed by atoms with E-state index in [0.29, 0.717) is 32.6 Å². The van der Waals surface area contributed by atoms with E-state index in [1.54, 1.807) is 0 Å². The first kappa shape index (κ1) is 30.7. The van der Waals surface area contributed by atoms with Crippen molar-refractivity contribution >= 4 is 29.0 Å². The van der Waals surface area contributed by atoms with Gasteiger partial charge >= 0.3 is 0 Å². The molecule has 1 atom stereocenters. The zero-order valence-electron chi connectivity index (χ0n) is 22.5. The first-order valence-corrected chi connectivity index (χ1v) is 14.0. The largest absolute Gasteiger partial charge is 0.381 e. The normalized spacial score (nSPS) is 19.0. The minimum atomic E-state index is -3.07. The number of ether oxygens (including phenoxy) is 1. The molecule has 13 heteroatoms. The Hall–Kier alpha value is -2.80. The van der Waals surface area contributed by atoms with Gasteiger partial charge in [-0.25, -0.2) is 27.5 Å². The Bertz CT molecular complexity index is 1140. The van der Waals surface area contributed by atoms with Crippen molar-refractivity contribution in [3.8, 4) is 10.4 Å². The lowest BCUT2D eigenvalue weighted by Gasteiger charge is -2.22. The Kier molecular flexibility index (Phi) is 10.6. The van der Waals surface area contributed by atoms with Crippen molar-refractivity contribution in [2.45, 2.75) is 77.8 Å². The number of halogens is 4. The van der Waals surface area contributed by atoms with Gasteiger partial charge < -0.3 is 20.3 Å². The van der Waals surface area contributed by atoms with E-state index in [1.165, 1.54) is 19.2 Å². The molecule has 0 saturated carbocycles. The van der Waals surface area contributed by atoms with Crippen molar-refractivity contribution in [1.29, 1.82) is 0 Å². The lowest BCUT2D eigenvalue weighted by Crippen LogP contribution is -2.39. The molecule has 2 aromatic rings. The molecule has 2 aliphatic rings. The summed E-state index contributed by atoms with van der Waals surface area (Å²) in [6.45, 7) is 8.09. The average molecular weight is 574 g/mol. The second-order valence-electron chi connectivity index (χ2n) is 9.28. The number of alkyl halides is 4. The monoisotopic (exact) mass is 573 g/mol. The molecule has 0 radical (unpaired) electrons. The molecule has 0 spiro atoms. The summed E-state index contributed by atoms with van der Waals surface area (Å²) >= 11 is 0.770. The molecule has 2 N–H and O–H groups in total. The maximum atomic E-state index is 14.1. The number of aromatic nitrogens is 2. The van der Waals surface area contributed by atoms with Gasteiger partial charge in [0.2, 0.25) is 0 Å². The highest BCUT2D eigenvalue weighted by Gasteiger charge is 2.46. The van der Waals surface area contributed by atoms with Crippen LogP contribution in [0.4, 0.5) is 23.4 Å². The molecule has 39 heavy (non-hydrogen) atoms. The van der Waals surface area contributed by atoms with E-state index in [-0.39, 0.29) is 33.0 Å². The number of pyridine rings is 1. The highest BCUT2D eigenvalue weighted by molar-refractivity contribution is 7.17. The summed E-state index contributed by atoms with van der Waals surface area (Å²) in [5.74, 6) is -4.24. The molecule has 0 bridgehead atoms. The molecule has 4 heterocycles. The molecule has 8 nitrogen and oxygen atoms in total. The maximum absolute atomic E-state index is 14.1. The zero-order valence-corrected chi connectivity index (χ0v) is 23.3. The van der Waals surface area contributed by atoms with Crippen molar-refractivity contribution in [1.82, 2.24) is 20.2 Å². The minimum Gasteiger partial charge on any atom is -0.381 e. The van der Waals surface area contributed by atoms with Gasteiger partial charge in [-0.05, 0) is 32.3 Å². The molecule has 2 aliphatic heterocycles. The molecule has 1 unspecified atom stereocenters. The Morgan fingerprint density at radius 3 is 2.54 bits per heavy atom. The first-order valence-electron chi connectivity index (χ1n) is 13.2. The van der Waals surface area contributed by atoms with Crippen LogP contribution in [0.3, 0.4) is 0 Å². The Balaban J connectivity index is 0.00000205. The number of amides is 2. The third kappa shape index (κ3) is 7.44. The second-order valence-corrected chi connectivity index (χ2v) is 10.3. The van der Waals surface area contributed by atoms with Crippen LogP contribution in [0.25, 0.3) is 10.4 Å². The molecule has 4 rings (SSSR count). The van der Waals surface area contributed by atoms with Gasteiger partial charge in [-0.15, -0.1) is 11.3 Å². The fourth-order valence-corrected chi connectivity index (χ4v) is 5.44. The van der Waals surface area contributed by atoms with Crippen LogP contribution in [0.2, 0.25) is 0 Å². The van der Waals surface area contributed by atoms with E-state index in [2.05, 4.69) is 20.6 Å². The number of carbonyl (C=O) groups excluding carboxylic acids is 2. The molecule has 2 aromatic heterocycles. The van der Waals surface area contributed by atoms with E-state index >= 15 is 0 Å².